The Morgan fingerprint density at radius 1 is 0.931 bits per heavy atom. The van der Waals surface area contributed by atoms with E-state index in [1.807, 2.05) is 30.3 Å². The van der Waals surface area contributed by atoms with Crippen LogP contribution in [-0.2, 0) is 10.0 Å². The van der Waals surface area contributed by atoms with Crippen molar-refractivity contribution in [2.24, 2.45) is 0 Å². The Bertz CT molecular complexity index is 1070. The summed E-state index contributed by atoms with van der Waals surface area (Å²) in [7, 11) is -3.50. The molecule has 1 aliphatic heterocycles. The van der Waals surface area contributed by atoms with E-state index in [1.165, 1.54) is 16.4 Å². The van der Waals surface area contributed by atoms with Crippen LogP contribution >= 0.6 is 0 Å². The molecule has 150 valence electrons. The minimum atomic E-state index is -3.50. The Morgan fingerprint density at radius 3 is 2.24 bits per heavy atom. The highest BCUT2D eigenvalue weighted by molar-refractivity contribution is 7.89. The molecule has 0 atom stereocenters. The fourth-order valence-corrected chi connectivity index (χ4v) is 4.90. The van der Waals surface area contributed by atoms with Crippen LogP contribution in [0.3, 0.4) is 0 Å². The monoisotopic (exact) mass is 410 g/mol. The molecule has 8 heteroatoms. The Labute approximate surface area is 169 Å². The molecule has 7 nitrogen and oxygen atoms in total. The SMILES string of the molecule is O=C(Nc1ccc(-c2ccn[nH]2)cc1)c1ccc(S(=O)(=O)N2CCCCC2)cc1. The van der Waals surface area contributed by atoms with Crippen molar-refractivity contribution < 1.29 is 13.2 Å². The lowest BCUT2D eigenvalue weighted by atomic mass is 10.1. The fourth-order valence-electron chi connectivity index (χ4n) is 3.39. The van der Waals surface area contributed by atoms with Crippen molar-refractivity contribution >= 4 is 21.6 Å². The normalized spacial score (nSPS) is 15.2. The number of anilines is 1. The summed E-state index contributed by atoms with van der Waals surface area (Å²) in [6, 6.07) is 15.4. The third-order valence-corrected chi connectivity index (χ3v) is 6.94. The van der Waals surface area contributed by atoms with Gasteiger partial charge in [0.25, 0.3) is 5.91 Å². The van der Waals surface area contributed by atoms with E-state index in [-0.39, 0.29) is 10.8 Å². The molecule has 1 fully saturated rings. The number of nitrogens with one attached hydrogen (secondary N) is 2. The first-order valence-corrected chi connectivity index (χ1v) is 11.0. The largest absolute Gasteiger partial charge is 0.322 e. The molecule has 2 N–H and O–H groups in total. The lowest BCUT2D eigenvalue weighted by Crippen LogP contribution is -2.35. The number of rotatable bonds is 5. The van der Waals surface area contributed by atoms with Gasteiger partial charge in [-0.2, -0.15) is 9.40 Å². The Kier molecular flexibility index (Phi) is 5.46. The first-order chi connectivity index (χ1) is 14.0. The first-order valence-electron chi connectivity index (χ1n) is 9.55. The minimum absolute atomic E-state index is 0.222. The van der Waals surface area contributed by atoms with E-state index in [4.69, 9.17) is 0 Å². The Morgan fingerprint density at radius 2 is 1.62 bits per heavy atom. The number of H-pyrrole nitrogens is 1. The summed E-state index contributed by atoms with van der Waals surface area (Å²) in [6.07, 6.45) is 4.52. The molecule has 0 spiro atoms. The van der Waals surface area contributed by atoms with Crippen molar-refractivity contribution in [1.82, 2.24) is 14.5 Å². The molecule has 4 rings (SSSR count). The Balaban J connectivity index is 1.44. The quantitative estimate of drug-likeness (QED) is 0.673. The molecular weight excluding hydrogens is 388 g/mol. The summed E-state index contributed by atoms with van der Waals surface area (Å²) in [5.74, 6) is -0.291. The minimum Gasteiger partial charge on any atom is -0.322 e. The summed E-state index contributed by atoms with van der Waals surface area (Å²) in [5.41, 5.74) is 2.92. The van der Waals surface area contributed by atoms with Gasteiger partial charge >= 0.3 is 0 Å². The molecule has 2 heterocycles. The van der Waals surface area contributed by atoms with Crippen LogP contribution in [-0.4, -0.2) is 41.9 Å². The van der Waals surface area contributed by atoms with Gasteiger partial charge in [-0.05, 0) is 60.9 Å². The third kappa shape index (κ3) is 4.23. The summed E-state index contributed by atoms with van der Waals surface area (Å²) in [6.45, 7) is 1.11. The van der Waals surface area contributed by atoms with Crippen LogP contribution in [0.15, 0.2) is 65.7 Å². The summed E-state index contributed by atoms with van der Waals surface area (Å²) in [5, 5.41) is 9.64. The van der Waals surface area contributed by atoms with Crippen LogP contribution in [0.1, 0.15) is 29.6 Å². The molecule has 3 aromatic rings. The molecular formula is C21H22N4O3S. The zero-order valence-corrected chi connectivity index (χ0v) is 16.7. The number of carbonyl (C=O) groups excluding carboxylic acids is 1. The lowest BCUT2D eigenvalue weighted by molar-refractivity contribution is 0.102. The van der Waals surface area contributed by atoms with Crippen molar-refractivity contribution in [3.05, 3.63) is 66.4 Å². The average molecular weight is 410 g/mol. The smallest absolute Gasteiger partial charge is 0.255 e. The van der Waals surface area contributed by atoms with Gasteiger partial charge in [0.15, 0.2) is 0 Å². The molecule has 0 saturated carbocycles. The van der Waals surface area contributed by atoms with Crippen molar-refractivity contribution in [3.8, 4) is 11.3 Å². The molecule has 0 radical (unpaired) electrons. The number of piperidine rings is 1. The summed E-state index contributed by atoms with van der Waals surface area (Å²) >= 11 is 0. The molecule has 1 amide bonds. The standard InChI is InChI=1S/C21H22N4O3S/c26-21(23-18-8-4-16(5-9-18)20-12-13-22-24-20)17-6-10-19(11-7-17)29(27,28)25-14-2-1-3-15-25/h4-13H,1-3,14-15H2,(H,22,24)(H,23,26). The molecule has 1 saturated heterocycles. The highest BCUT2D eigenvalue weighted by atomic mass is 32.2. The first kappa shape index (κ1) is 19.4. The van der Waals surface area contributed by atoms with Gasteiger partial charge in [0, 0.05) is 30.5 Å². The molecule has 29 heavy (non-hydrogen) atoms. The number of nitrogens with zero attached hydrogens (tertiary/aromatic N) is 2. The number of hydrogen-bond acceptors (Lipinski definition) is 4. The van der Waals surface area contributed by atoms with Crippen LogP contribution < -0.4 is 5.32 Å². The van der Waals surface area contributed by atoms with E-state index >= 15 is 0 Å². The number of aromatic nitrogens is 2. The van der Waals surface area contributed by atoms with Gasteiger partial charge in [-0.25, -0.2) is 8.42 Å². The van der Waals surface area contributed by atoms with Gasteiger partial charge in [-0.1, -0.05) is 18.6 Å². The zero-order valence-electron chi connectivity index (χ0n) is 15.8. The number of carbonyl (C=O) groups is 1. The van der Waals surface area contributed by atoms with E-state index in [9.17, 15) is 13.2 Å². The second kappa shape index (κ2) is 8.18. The topological polar surface area (TPSA) is 95.2 Å². The Hall–Kier alpha value is -2.97. The number of amides is 1. The number of aromatic amines is 1. The van der Waals surface area contributed by atoms with Crippen LogP contribution in [0.4, 0.5) is 5.69 Å². The highest BCUT2D eigenvalue weighted by Gasteiger charge is 2.25. The highest BCUT2D eigenvalue weighted by Crippen LogP contribution is 2.22. The van der Waals surface area contributed by atoms with Gasteiger partial charge in [0.1, 0.15) is 0 Å². The predicted molar refractivity (Wildman–Crippen MR) is 111 cm³/mol. The van der Waals surface area contributed by atoms with Crippen LogP contribution in [0.25, 0.3) is 11.3 Å². The van der Waals surface area contributed by atoms with Crippen molar-refractivity contribution in [3.63, 3.8) is 0 Å². The number of benzene rings is 2. The molecule has 1 aromatic heterocycles. The van der Waals surface area contributed by atoms with Crippen LogP contribution in [0.5, 0.6) is 0 Å². The fraction of sp³-hybridized carbons (Fsp3) is 0.238. The molecule has 2 aromatic carbocycles. The summed E-state index contributed by atoms with van der Waals surface area (Å²) in [4.78, 5) is 12.7. The third-order valence-electron chi connectivity index (χ3n) is 5.02. The van der Waals surface area contributed by atoms with Gasteiger partial charge < -0.3 is 5.32 Å². The number of hydrogen-bond donors (Lipinski definition) is 2. The molecule has 0 unspecified atom stereocenters. The average Bonchev–Trinajstić information content (AvgIpc) is 3.30. The summed E-state index contributed by atoms with van der Waals surface area (Å²) < 4.78 is 26.9. The maximum absolute atomic E-state index is 12.7. The van der Waals surface area contributed by atoms with Gasteiger partial charge in [-0.15, -0.1) is 0 Å². The van der Waals surface area contributed by atoms with Gasteiger partial charge in [0.05, 0.1) is 10.6 Å². The van der Waals surface area contributed by atoms with E-state index < -0.39 is 10.0 Å². The van der Waals surface area contributed by atoms with Crippen molar-refractivity contribution in [2.45, 2.75) is 24.2 Å². The second-order valence-corrected chi connectivity index (χ2v) is 8.93. The van der Waals surface area contributed by atoms with Gasteiger partial charge in [-0.3, -0.25) is 9.89 Å². The molecule has 1 aliphatic rings. The maximum Gasteiger partial charge on any atom is 0.255 e. The lowest BCUT2D eigenvalue weighted by Gasteiger charge is -2.25. The van der Waals surface area contributed by atoms with E-state index in [2.05, 4.69) is 15.5 Å². The second-order valence-electron chi connectivity index (χ2n) is 6.99. The van der Waals surface area contributed by atoms with Crippen LogP contribution in [0, 0.1) is 0 Å². The number of sulfonamides is 1. The van der Waals surface area contributed by atoms with Crippen LogP contribution in [0.2, 0.25) is 0 Å². The maximum atomic E-state index is 12.7. The predicted octanol–water partition coefficient (Wildman–Crippen LogP) is 3.50. The van der Waals surface area contributed by atoms with E-state index in [0.717, 1.165) is 30.5 Å². The van der Waals surface area contributed by atoms with Crippen molar-refractivity contribution in [1.29, 1.82) is 0 Å². The zero-order chi connectivity index (χ0) is 20.3. The molecule has 0 bridgehead atoms. The molecule has 0 aliphatic carbocycles. The van der Waals surface area contributed by atoms with Crippen molar-refractivity contribution in [2.75, 3.05) is 18.4 Å². The van der Waals surface area contributed by atoms with E-state index in [1.54, 1.807) is 18.3 Å². The van der Waals surface area contributed by atoms with E-state index in [0.29, 0.717) is 24.3 Å². The van der Waals surface area contributed by atoms with Gasteiger partial charge in [0.2, 0.25) is 10.0 Å².